The van der Waals surface area contributed by atoms with Gasteiger partial charge in [0.05, 0.1) is 18.0 Å². The lowest BCUT2D eigenvalue weighted by Gasteiger charge is -2.31. The predicted molar refractivity (Wildman–Crippen MR) is 127 cm³/mol. The second-order valence-electron chi connectivity index (χ2n) is 9.17. The smallest absolute Gasteiger partial charge is 0.341 e. The summed E-state index contributed by atoms with van der Waals surface area (Å²) in [6, 6.07) is 5.22. The summed E-state index contributed by atoms with van der Waals surface area (Å²) in [5.74, 6) is -1.65. The molecule has 2 N–H and O–H groups in total. The number of hydrogen-bond donors (Lipinski definition) is 2. The number of rotatable bonds is 7. The summed E-state index contributed by atoms with van der Waals surface area (Å²) in [5, 5.41) is 12.8. The van der Waals surface area contributed by atoms with E-state index in [9.17, 15) is 14.7 Å². The molecule has 0 spiro atoms. The molecule has 2 fully saturated rings. The second-order valence-corrected chi connectivity index (χ2v) is 9.17. The van der Waals surface area contributed by atoms with Gasteiger partial charge in [-0.1, -0.05) is 0 Å². The van der Waals surface area contributed by atoms with Crippen LogP contribution < -0.4 is 20.4 Å². The Kier molecular flexibility index (Phi) is 5.51. The molecule has 0 amide bonds. The summed E-state index contributed by atoms with van der Waals surface area (Å²) in [6.07, 6.45) is 7.43. The van der Waals surface area contributed by atoms with E-state index in [2.05, 4.69) is 10.3 Å². The zero-order chi connectivity index (χ0) is 24.0. The Bertz CT molecular complexity index is 1320. The van der Waals surface area contributed by atoms with Gasteiger partial charge in [0.25, 0.3) is 0 Å². The average molecular weight is 467 g/mol. The molecule has 8 nitrogen and oxygen atoms in total. The Morgan fingerprint density at radius 1 is 1.35 bits per heavy atom. The minimum atomic E-state index is -1.32. The molecule has 34 heavy (non-hydrogen) atoms. The number of likely N-dealkylation sites (N-methyl/N-ethyl adjacent to an activating group) is 1. The predicted octanol–water partition coefficient (Wildman–Crippen LogP) is 2.94. The summed E-state index contributed by atoms with van der Waals surface area (Å²) in [7, 11) is 3.36. The van der Waals surface area contributed by atoms with Crippen LogP contribution in [-0.4, -0.2) is 54.4 Å². The number of benzene rings is 1. The lowest BCUT2D eigenvalue weighted by atomic mass is 9.80. The van der Waals surface area contributed by atoms with Crippen LogP contribution >= 0.6 is 0 Å². The molecular formula is C25H27FN4O4. The van der Waals surface area contributed by atoms with Gasteiger partial charge in [-0.15, -0.1) is 0 Å². The first-order valence-corrected chi connectivity index (χ1v) is 11.4. The summed E-state index contributed by atoms with van der Waals surface area (Å²) in [6.45, 7) is 1.86. The average Bonchev–Trinajstić information content (AvgIpc) is 3.59. The number of aromatic carboxylic acids is 1. The summed E-state index contributed by atoms with van der Waals surface area (Å²) >= 11 is 0. The Morgan fingerprint density at radius 3 is 2.71 bits per heavy atom. The second kappa shape index (κ2) is 8.39. The quantitative estimate of drug-likeness (QED) is 0.553. The number of anilines is 1. The molecule has 1 aromatic carbocycles. The van der Waals surface area contributed by atoms with Crippen molar-refractivity contribution >= 4 is 22.6 Å². The van der Waals surface area contributed by atoms with E-state index in [1.807, 2.05) is 24.1 Å². The molecular weight excluding hydrogens is 439 g/mol. The van der Waals surface area contributed by atoms with Gasteiger partial charge in [-0.25, -0.2) is 9.18 Å². The van der Waals surface area contributed by atoms with E-state index in [0.29, 0.717) is 30.8 Å². The number of fused-ring (bicyclic) bond motifs is 1. The molecule has 1 unspecified atom stereocenters. The molecule has 3 heterocycles. The topological polar surface area (TPSA) is 96.7 Å². The molecule has 0 bridgehead atoms. The van der Waals surface area contributed by atoms with Crippen molar-refractivity contribution in [2.75, 3.05) is 38.7 Å². The van der Waals surface area contributed by atoms with Crippen molar-refractivity contribution in [2.45, 2.75) is 30.7 Å². The van der Waals surface area contributed by atoms with Crippen LogP contribution in [0.3, 0.4) is 0 Å². The van der Waals surface area contributed by atoms with Crippen LogP contribution in [0.15, 0.2) is 41.6 Å². The summed E-state index contributed by atoms with van der Waals surface area (Å²) < 4.78 is 23.2. The molecule has 0 radical (unpaired) electrons. The van der Waals surface area contributed by atoms with Gasteiger partial charge in [-0.05, 0) is 50.1 Å². The molecule has 2 aliphatic rings. The number of nitrogens with one attached hydrogen (secondary N) is 1. The summed E-state index contributed by atoms with van der Waals surface area (Å²) in [4.78, 5) is 30.7. The van der Waals surface area contributed by atoms with E-state index in [0.717, 1.165) is 24.8 Å². The minimum absolute atomic E-state index is 0.0275. The third-order valence-corrected chi connectivity index (χ3v) is 7.05. The number of pyridine rings is 2. The maximum Gasteiger partial charge on any atom is 0.341 e. The maximum atomic E-state index is 15.7. The summed E-state index contributed by atoms with van der Waals surface area (Å²) in [5.41, 5.74) is 0.574. The van der Waals surface area contributed by atoms with Gasteiger partial charge in [0.1, 0.15) is 11.3 Å². The van der Waals surface area contributed by atoms with Crippen molar-refractivity contribution in [2.24, 2.45) is 0 Å². The fraction of sp³-hybridized carbons (Fsp3) is 0.400. The third kappa shape index (κ3) is 3.51. The van der Waals surface area contributed by atoms with E-state index in [1.165, 1.54) is 19.4 Å². The van der Waals surface area contributed by atoms with Gasteiger partial charge in [0.2, 0.25) is 5.43 Å². The molecule has 2 aromatic heterocycles. The van der Waals surface area contributed by atoms with Crippen molar-refractivity contribution in [3.8, 4) is 5.75 Å². The molecule has 5 rings (SSSR count). The van der Waals surface area contributed by atoms with Crippen LogP contribution in [0.1, 0.15) is 41.2 Å². The van der Waals surface area contributed by atoms with Crippen LogP contribution in [0, 0.1) is 5.82 Å². The zero-order valence-corrected chi connectivity index (χ0v) is 19.2. The van der Waals surface area contributed by atoms with Crippen molar-refractivity contribution in [1.29, 1.82) is 0 Å². The fourth-order valence-electron chi connectivity index (χ4n) is 5.31. The van der Waals surface area contributed by atoms with E-state index in [-0.39, 0.29) is 28.2 Å². The number of hydrogen-bond acceptors (Lipinski definition) is 6. The van der Waals surface area contributed by atoms with Crippen LogP contribution in [0.2, 0.25) is 0 Å². The number of halogens is 1. The van der Waals surface area contributed by atoms with Crippen molar-refractivity contribution in [3.05, 3.63) is 64.0 Å². The van der Waals surface area contributed by atoms with Crippen LogP contribution in [0.4, 0.5) is 10.1 Å². The Morgan fingerprint density at radius 2 is 2.09 bits per heavy atom. The third-order valence-electron chi connectivity index (χ3n) is 7.05. The van der Waals surface area contributed by atoms with Crippen LogP contribution in [0.5, 0.6) is 5.75 Å². The molecule has 9 heteroatoms. The van der Waals surface area contributed by atoms with Gasteiger partial charge in [-0.3, -0.25) is 9.78 Å². The molecule has 1 saturated carbocycles. The molecule has 178 valence electrons. The highest BCUT2D eigenvalue weighted by molar-refractivity contribution is 5.97. The highest BCUT2D eigenvalue weighted by Crippen LogP contribution is 2.46. The molecule has 1 aliphatic carbocycles. The molecule has 1 atom stereocenters. The van der Waals surface area contributed by atoms with E-state index >= 15 is 4.39 Å². The standard InChI is InChI=1S/C25H27FN4O4/c1-27-13-25(15-5-8-28-9-6-15)7-10-29(14-25)21-19(26)11-17-20(23(21)34-2)30(16-3-4-16)12-18(22(17)31)24(32)33/h5-6,8-9,11-12,16,27H,3-4,7,10,13-14H2,1-2H3,(H,32,33). The zero-order valence-electron chi connectivity index (χ0n) is 19.2. The van der Waals surface area contributed by atoms with Crippen LogP contribution in [-0.2, 0) is 5.41 Å². The number of carboxylic acids is 1. The minimum Gasteiger partial charge on any atom is -0.492 e. The number of ether oxygens (including phenoxy) is 1. The fourth-order valence-corrected chi connectivity index (χ4v) is 5.31. The monoisotopic (exact) mass is 466 g/mol. The number of nitrogens with zero attached hydrogens (tertiary/aromatic N) is 3. The number of carbonyl (C=O) groups is 1. The molecule has 1 saturated heterocycles. The van der Waals surface area contributed by atoms with Crippen molar-refractivity contribution in [1.82, 2.24) is 14.9 Å². The van der Waals surface area contributed by atoms with Gasteiger partial charge in [0, 0.05) is 49.7 Å². The van der Waals surface area contributed by atoms with Gasteiger partial charge >= 0.3 is 5.97 Å². The highest BCUT2D eigenvalue weighted by Gasteiger charge is 2.41. The Hall–Kier alpha value is -3.46. The van der Waals surface area contributed by atoms with Gasteiger partial charge < -0.3 is 24.6 Å². The molecule has 3 aromatic rings. The van der Waals surface area contributed by atoms with E-state index in [1.54, 1.807) is 17.0 Å². The maximum absolute atomic E-state index is 15.7. The lowest BCUT2D eigenvalue weighted by molar-refractivity contribution is 0.0695. The lowest BCUT2D eigenvalue weighted by Crippen LogP contribution is -2.40. The van der Waals surface area contributed by atoms with Crippen LogP contribution in [0.25, 0.3) is 10.9 Å². The van der Waals surface area contributed by atoms with Crippen molar-refractivity contribution < 1.29 is 19.0 Å². The Labute approximate surface area is 196 Å². The SMILES string of the molecule is CNCC1(c2ccncc2)CCN(c2c(F)cc3c(=O)c(C(=O)O)cn(C4CC4)c3c2OC)C1. The van der Waals surface area contributed by atoms with Gasteiger partial charge in [0.15, 0.2) is 11.6 Å². The first kappa shape index (κ1) is 22.3. The first-order valence-electron chi connectivity index (χ1n) is 11.4. The number of methoxy groups -OCH3 is 1. The van der Waals surface area contributed by atoms with E-state index < -0.39 is 17.2 Å². The largest absolute Gasteiger partial charge is 0.492 e. The number of aromatic nitrogens is 2. The number of carboxylic acid groups (broad SMARTS) is 1. The van der Waals surface area contributed by atoms with Gasteiger partial charge in [-0.2, -0.15) is 0 Å². The molecule has 1 aliphatic heterocycles. The Balaban J connectivity index is 1.69. The highest BCUT2D eigenvalue weighted by atomic mass is 19.1. The van der Waals surface area contributed by atoms with E-state index in [4.69, 9.17) is 4.74 Å². The normalized spacial score (nSPS) is 20.1. The van der Waals surface area contributed by atoms with Crippen molar-refractivity contribution in [3.63, 3.8) is 0 Å². The first-order chi connectivity index (χ1) is 16.4.